The summed E-state index contributed by atoms with van der Waals surface area (Å²) in [6, 6.07) is 1.71. The number of hydrogen-bond acceptors (Lipinski definition) is 5. The molecule has 2 aromatic heterocycles. The van der Waals surface area contributed by atoms with E-state index >= 15 is 0 Å². The zero-order chi connectivity index (χ0) is 16.4. The summed E-state index contributed by atoms with van der Waals surface area (Å²) in [6.45, 7) is 0. The minimum atomic E-state index is -1.01. The molecule has 8 heteroatoms. The lowest BCUT2D eigenvalue weighted by atomic mass is 9.91. The Labute approximate surface area is 132 Å². The molecule has 2 heterocycles. The average molecular weight is 318 g/mol. The number of methoxy groups -OCH3 is 1. The monoisotopic (exact) mass is 318 g/mol. The van der Waals surface area contributed by atoms with Crippen LogP contribution in [-0.4, -0.2) is 38.9 Å². The summed E-state index contributed by atoms with van der Waals surface area (Å²) in [5.41, 5.74) is 0.963. The van der Waals surface area contributed by atoms with Gasteiger partial charge in [-0.15, -0.1) is 0 Å². The Hall–Kier alpha value is -2.64. The van der Waals surface area contributed by atoms with E-state index in [4.69, 9.17) is 9.84 Å². The maximum absolute atomic E-state index is 12.3. The molecule has 0 spiro atoms. The van der Waals surface area contributed by atoms with Crippen LogP contribution in [0.2, 0.25) is 0 Å². The van der Waals surface area contributed by atoms with Gasteiger partial charge in [-0.2, -0.15) is 0 Å². The van der Waals surface area contributed by atoms with E-state index in [1.54, 1.807) is 23.9 Å². The molecular weight excluding hydrogens is 300 g/mol. The molecule has 0 saturated heterocycles. The quantitative estimate of drug-likeness (QED) is 0.889. The van der Waals surface area contributed by atoms with Gasteiger partial charge >= 0.3 is 6.09 Å². The first-order valence-corrected chi connectivity index (χ1v) is 7.49. The number of fused-ring (bicyclic) bond motifs is 1. The van der Waals surface area contributed by atoms with Gasteiger partial charge in [0, 0.05) is 18.2 Å². The topological polar surface area (TPSA) is 106 Å². The van der Waals surface area contributed by atoms with Crippen LogP contribution in [0.3, 0.4) is 0 Å². The fourth-order valence-corrected chi connectivity index (χ4v) is 3.14. The van der Waals surface area contributed by atoms with Crippen molar-refractivity contribution in [2.24, 2.45) is 0 Å². The van der Waals surface area contributed by atoms with Gasteiger partial charge in [0.2, 0.25) is 0 Å². The number of ether oxygens (including phenoxy) is 1. The fraction of sp³-hybridized carbons (Fsp3) is 0.467. The van der Waals surface area contributed by atoms with Crippen molar-refractivity contribution in [3.05, 3.63) is 28.8 Å². The van der Waals surface area contributed by atoms with Crippen LogP contribution in [0, 0.1) is 0 Å². The van der Waals surface area contributed by atoms with Crippen molar-refractivity contribution in [1.82, 2.24) is 19.9 Å². The summed E-state index contributed by atoms with van der Waals surface area (Å²) in [5.74, 6) is 0.569. The van der Waals surface area contributed by atoms with Crippen molar-refractivity contribution < 1.29 is 14.6 Å². The standard InChI is InChI=1S/C15H18N4O4/c1-23-11-6-12-14(16-7-11)17-8-13(20)19(12)10-4-2-9(3-5-10)18-15(21)22/h6-10,18H,2-5H2,1H3,(H,21,22). The second-order valence-electron chi connectivity index (χ2n) is 5.64. The molecule has 2 aromatic rings. The summed E-state index contributed by atoms with van der Waals surface area (Å²) < 4.78 is 6.89. The van der Waals surface area contributed by atoms with Gasteiger partial charge in [-0.1, -0.05) is 0 Å². The molecule has 1 aliphatic rings. The first kappa shape index (κ1) is 15.3. The number of rotatable bonds is 3. The van der Waals surface area contributed by atoms with Crippen LogP contribution in [0.25, 0.3) is 11.2 Å². The van der Waals surface area contributed by atoms with Crippen LogP contribution in [0.4, 0.5) is 4.79 Å². The molecule has 1 fully saturated rings. The van der Waals surface area contributed by atoms with Gasteiger partial charge in [-0.25, -0.2) is 14.8 Å². The number of aromatic nitrogens is 3. The molecule has 0 unspecified atom stereocenters. The second kappa shape index (κ2) is 6.23. The second-order valence-corrected chi connectivity index (χ2v) is 5.64. The maximum Gasteiger partial charge on any atom is 0.404 e. The van der Waals surface area contributed by atoms with Crippen LogP contribution < -0.4 is 15.6 Å². The predicted molar refractivity (Wildman–Crippen MR) is 82.8 cm³/mol. The zero-order valence-corrected chi connectivity index (χ0v) is 12.7. The van der Waals surface area contributed by atoms with Gasteiger partial charge in [-0.05, 0) is 25.7 Å². The third-order valence-corrected chi connectivity index (χ3v) is 4.24. The van der Waals surface area contributed by atoms with E-state index in [1.165, 1.54) is 6.20 Å². The van der Waals surface area contributed by atoms with Crippen LogP contribution >= 0.6 is 0 Å². The smallest absolute Gasteiger partial charge is 0.404 e. The van der Waals surface area contributed by atoms with Crippen molar-refractivity contribution >= 4 is 17.3 Å². The maximum atomic E-state index is 12.3. The molecule has 2 N–H and O–H groups in total. The van der Waals surface area contributed by atoms with Crippen molar-refractivity contribution in [2.75, 3.05) is 7.11 Å². The van der Waals surface area contributed by atoms with Gasteiger partial charge in [0.15, 0.2) is 5.65 Å². The predicted octanol–water partition coefficient (Wildman–Crippen LogP) is 1.55. The molecule has 122 valence electrons. The number of nitrogens with one attached hydrogen (secondary N) is 1. The largest absolute Gasteiger partial charge is 0.495 e. The first-order valence-electron chi connectivity index (χ1n) is 7.49. The Balaban J connectivity index is 1.92. The van der Waals surface area contributed by atoms with Gasteiger partial charge in [0.05, 0.1) is 25.0 Å². The van der Waals surface area contributed by atoms with Gasteiger partial charge in [0.25, 0.3) is 5.56 Å². The zero-order valence-electron chi connectivity index (χ0n) is 12.7. The lowest BCUT2D eigenvalue weighted by Crippen LogP contribution is -2.38. The van der Waals surface area contributed by atoms with Crippen LogP contribution in [0.15, 0.2) is 23.3 Å². The Morgan fingerprint density at radius 3 is 2.65 bits per heavy atom. The number of pyridine rings is 1. The van der Waals surface area contributed by atoms with Crippen LogP contribution in [0.5, 0.6) is 5.75 Å². The van der Waals surface area contributed by atoms with E-state index in [2.05, 4.69) is 15.3 Å². The van der Waals surface area contributed by atoms with Gasteiger partial charge < -0.3 is 19.7 Å². The Morgan fingerprint density at radius 2 is 2.00 bits per heavy atom. The minimum absolute atomic E-state index is 0.00810. The molecule has 1 saturated carbocycles. The number of nitrogens with zero attached hydrogens (tertiary/aromatic N) is 3. The molecule has 0 aromatic carbocycles. The summed E-state index contributed by atoms with van der Waals surface area (Å²) in [4.78, 5) is 31.3. The molecule has 3 rings (SSSR count). The number of carbonyl (C=O) groups is 1. The van der Waals surface area contributed by atoms with Crippen molar-refractivity contribution in [1.29, 1.82) is 0 Å². The molecule has 0 atom stereocenters. The normalized spacial score (nSPS) is 21.1. The summed E-state index contributed by atoms with van der Waals surface area (Å²) in [6.07, 6.45) is 4.69. The summed E-state index contributed by atoms with van der Waals surface area (Å²) >= 11 is 0. The summed E-state index contributed by atoms with van der Waals surface area (Å²) in [5, 5.41) is 11.3. The molecule has 1 aliphatic carbocycles. The Kier molecular flexibility index (Phi) is 4.14. The van der Waals surface area contributed by atoms with Gasteiger partial charge in [0.1, 0.15) is 5.75 Å². The van der Waals surface area contributed by atoms with E-state index in [0.29, 0.717) is 29.8 Å². The van der Waals surface area contributed by atoms with Crippen molar-refractivity contribution in [3.63, 3.8) is 0 Å². The van der Waals surface area contributed by atoms with Crippen molar-refractivity contribution in [3.8, 4) is 5.75 Å². The third-order valence-electron chi connectivity index (χ3n) is 4.24. The number of hydrogen-bond donors (Lipinski definition) is 2. The van der Waals surface area contributed by atoms with E-state index in [9.17, 15) is 9.59 Å². The molecule has 0 bridgehead atoms. The lowest BCUT2D eigenvalue weighted by molar-refractivity contribution is 0.182. The SMILES string of the molecule is COc1cnc2ncc(=O)n(C3CCC(NC(=O)O)CC3)c2c1. The van der Waals surface area contributed by atoms with Crippen molar-refractivity contribution in [2.45, 2.75) is 37.8 Å². The Morgan fingerprint density at radius 1 is 1.30 bits per heavy atom. The highest BCUT2D eigenvalue weighted by Crippen LogP contribution is 2.30. The third kappa shape index (κ3) is 3.10. The minimum Gasteiger partial charge on any atom is -0.495 e. The molecule has 8 nitrogen and oxygen atoms in total. The molecule has 23 heavy (non-hydrogen) atoms. The molecule has 0 radical (unpaired) electrons. The number of amides is 1. The highest BCUT2D eigenvalue weighted by molar-refractivity contribution is 5.71. The fourth-order valence-electron chi connectivity index (χ4n) is 3.14. The van der Waals surface area contributed by atoms with E-state index in [1.807, 2.05) is 0 Å². The highest BCUT2D eigenvalue weighted by Gasteiger charge is 2.25. The van der Waals surface area contributed by atoms with E-state index in [-0.39, 0.29) is 17.6 Å². The van der Waals surface area contributed by atoms with E-state index < -0.39 is 6.09 Å². The van der Waals surface area contributed by atoms with Crippen LogP contribution in [0.1, 0.15) is 31.7 Å². The van der Waals surface area contributed by atoms with Gasteiger partial charge in [-0.3, -0.25) is 4.79 Å². The summed E-state index contributed by atoms with van der Waals surface area (Å²) in [7, 11) is 1.55. The van der Waals surface area contributed by atoms with Crippen LogP contribution in [-0.2, 0) is 0 Å². The van der Waals surface area contributed by atoms with E-state index in [0.717, 1.165) is 12.8 Å². The number of carboxylic acid groups (broad SMARTS) is 1. The Bertz CT molecular complexity index is 781. The molecule has 1 amide bonds. The first-order chi connectivity index (χ1) is 11.1. The molecule has 0 aliphatic heterocycles. The highest BCUT2D eigenvalue weighted by atomic mass is 16.5. The average Bonchev–Trinajstić information content (AvgIpc) is 2.55. The molecular formula is C15H18N4O4. The lowest BCUT2D eigenvalue weighted by Gasteiger charge is -2.30.